The van der Waals surface area contributed by atoms with Crippen LogP contribution in [0.5, 0.6) is 0 Å². The lowest BCUT2D eigenvalue weighted by molar-refractivity contribution is 0.189. The number of thioether (sulfide) groups is 1. The molecule has 0 spiro atoms. The molecule has 1 aliphatic rings. The van der Waals surface area contributed by atoms with Crippen molar-refractivity contribution in [2.24, 2.45) is 5.73 Å². The number of nitrogens with one attached hydrogen (secondary N) is 3. The molecular formula is C19H27FN4S. The van der Waals surface area contributed by atoms with Crippen LogP contribution in [-0.4, -0.2) is 27.6 Å². The van der Waals surface area contributed by atoms with Gasteiger partial charge in [0.05, 0.1) is 5.04 Å². The quantitative estimate of drug-likeness (QED) is 0.479. The number of nitrogens with two attached hydrogens (primary N) is 1. The van der Waals surface area contributed by atoms with Gasteiger partial charge < -0.3 is 16.5 Å². The van der Waals surface area contributed by atoms with E-state index in [9.17, 15) is 4.39 Å². The molecule has 4 nitrogen and oxygen atoms in total. The topological polar surface area (TPSA) is 85.8 Å². The molecule has 25 heavy (non-hydrogen) atoms. The number of halogens is 1. The maximum Gasteiger partial charge on any atom is 0.133 e. The second-order valence-electron chi connectivity index (χ2n) is 7.85. The summed E-state index contributed by atoms with van der Waals surface area (Å²) in [6, 6.07) is 4.62. The first-order valence-electron chi connectivity index (χ1n) is 8.34. The molecule has 0 aliphatic carbocycles. The Hall–Kier alpha value is -1.66. The predicted octanol–water partition coefficient (Wildman–Crippen LogP) is 4.14. The molecular weight excluding hydrogens is 335 g/mol. The summed E-state index contributed by atoms with van der Waals surface area (Å²) in [5.74, 6) is -0.455. The highest BCUT2D eigenvalue weighted by molar-refractivity contribution is 8.14. The monoisotopic (exact) mass is 362 g/mol. The summed E-state index contributed by atoms with van der Waals surface area (Å²) < 4.78 is 14.5. The minimum atomic E-state index is -0.455. The third kappa shape index (κ3) is 5.16. The fourth-order valence-electron chi connectivity index (χ4n) is 3.61. The zero-order chi connectivity index (χ0) is 18.8. The lowest BCUT2D eigenvalue weighted by atomic mass is 9.82. The van der Waals surface area contributed by atoms with Gasteiger partial charge in [-0.25, -0.2) is 4.39 Å². The molecule has 5 N–H and O–H groups in total. The fourth-order valence-corrected chi connectivity index (χ4v) is 5.23. The molecule has 1 fully saturated rings. The molecule has 136 valence electrons. The van der Waals surface area contributed by atoms with E-state index in [1.54, 1.807) is 12.1 Å². The smallest absolute Gasteiger partial charge is 0.133 e. The molecule has 0 unspecified atom stereocenters. The molecule has 6 heteroatoms. The Morgan fingerprint density at radius 2 is 1.88 bits per heavy atom. The van der Waals surface area contributed by atoms with E-state index in [4.69, 9.17) is 16.6 Å². The van der Waals surface area contributed by atoms with Crippen LogP contribution in [0.25, 0.3) is 5.70 Å². The summed E-state index contributed by atoms with van der Waals surface area (Å²) in [4.78, 5) is 0. The van der Waals surface area contributed by atoms with Gasteiger partial charge in [-0.15, -0.1) is 11.8 Å². The van der Waals surface area contributed by atoms with Gasteiger partial charge in [0.25, 0.3) is 0 Å². The summed E-state index contributed by atoms with van der Waals surface area (Å²) >= 11 is 1.44. The van der Waals surface area contributed by atoms with Gasteiger partial charge in [-0.3, -0.25) is 5.41 Å². The molecule has 0 saturated carbocycles. The maximum absolute atomic E-state index is 14.5. The van der Waals surface area contributed by atoms with Crippen molar-refractivity contribution in [3.63, 3.8) is 0 Å². The molecule has 1 aromatic rings. The van der Waals surface area contributed by atoms with E-state index < -0.39 is 5.82 Å². The van der Waals surface area contributed by atoms with Crippen LogP contribution in [-0.2, 0) is 0 Å². The highest BCUT2D eigenvalue weighted by Crippen LogP contribution is 2.37. The SMILES string of the molecule is CC1(C)CC(SC(=N)c2ccc(/C(N)=C/C=N)cc2F)CC(C)(C)N1. The van der Waals surface area contributed by atoms with E-state index in [1.165, 1.54) is 23.9 Å². The van der Waals surface area contributed by atoms with Crippen LogP contribution in [0.2, 0.25) is 0 Å². The molecule has 0 bridgehead atoms. The van der Waals surface area contributed by atoms with Gasteiger partial charge in [0.2, 0.25) is 0 Å². The molecule has 1 saturated heterocycles. The van der Waals surface area contributed by atoms with Gasteiger partial charge in [-0.2, -0.15) is 0 Å². The fraction of sp³-hybridized carbons (Fsp3) is 0.474. The molecule has 0 amide bonds. The Morgan fingerprint density at radius 3 is 2.40 bits per heavy atom. The van der Waals surface area contributed by atoms with E-state index in [-0.39, 0.29) is 21.4 Å². The molecule has 0 atom stereocenters. The van der Waals surface area contributed by atoms with Crippen LogP contribution < -0.4 is 11.1 Å². The first-order valence-corrected chi connectivity index (χ1v) is 9.22. The normalized spacial score (nSPS) is 20.3. The van der Waals surface area contributed by atoms with Gasteiger partial charge in [0, 0.05) is 39.4 Å². The number of hydrogen-bond acceptors (Lipinski definition) is 5. The third-order valence-corrected chi connectivity index (χ3v) is 5.37. The van der Waals surface area contributed by atoms with Crippen molar-refractivity contribution < 1.29 is 4.39 Å². The summed E-state index contributed by atoms with van der Waals surface area (Å²) in [7, 11) is 0. The summed E-state index contributed by atoms with van der Waals surface area (Å²) in [6.45, 7) is 8.66. The van der Waals surface area contributed by atoms with Crippen molar-refractivity contribution in [1.29, 1.82) is 10.8 Å². The average molecular weight is 363 g/mol. The Balaban J connectivity index is 2.16. The van der Waals surface area contributed by atoms with Crippen molar-refractivity contribution in [3.05, 3.63) is 41.2 Å². The van der Waals surface area contributed by atoms with Crippen LogP contribution in [0.1, 0.15) is 51.7 Å². The number of benzene rings is 1. The Kier molecular flexibility index (Phi) is 5.74. The minimum absolute atomic E-state index is 0.00585. The molecule has 0 radical (unpaired) electrons. The van der Waals surface area contributed by atoms with Gasteiger partial charge >= 0.3 is 0 Å². The van der Waals surface area contributed by atoms with E-state index >= 15 is 0 Å². The Bertz CT molecular complexity index is 693. The zero-order valence-corrected chi connectivity index (χ0v) is 16.1. The molecule has 2 rings (SSSR count). The van der Waals surface area contributed by atoms with Crippen LogP contribution in [0.3, 0.4) is 0 Å². The number of hydrogen-bond donors (Lipinski definition) is 4. The lowest BCUT2D eigenvalue weighted by Gasteiger charge is -2.46. The second kappa shape index (κ2) is 7.30. The van der Waals surface area contributed by atoms with Gasteiger partial charge in [0.1, 0.15) is 5.82 Å². The molecule has 1 heterocycles. The number of piperidine rings is 1. The van der Waals surface area contributed by atoms with Crippen LogP contribution in [0.4, 0.5) is 4.39 Å². The standard InChI is InChI=1S/C19H27FN4S/c1-18(2)10-13(11-19(3,4)24-18)25-17(23)14-6-5-12(9-15(14)20)16(22)7-8-21/h5-9,13,21,23-24H,10-11,22H2,1-4H3/b16-7-,21-8?,23-17?. The van der Waals surface area contributed by atoms with Crippen molar-refractivity contribution in [3.8, 4) is 0 Å². The van der Waals surface area contributed by atoms with E-state index in [1.807, 2.05) is 0 Å². The van der Waals surface area contributed by atoms with Crippen molar-refractivity contribution >= 4 is 28.7 Å². The Labute approximate surface area is 153 Å². The van der Waals surface area contributed by atoms with Crippen LogP contribution in [0.15, 0.2) is 24.3 Å². The summed E-state index contributed by atoms with van der Waals surface area (Å²) in [5.41, 5.74) is 6.93. The highest BCUT2D eigenvalue weighted by atomic mass is 32.2. The zero-order valence-electron chi connectivity index (χ0n) is 15.2. The molecule has 1 aliphatic heterocycles. The molecule has 1 aromatic carbocycles. The molecule has 0 aromatic heterocycles. The maximum atomic E-state index is 14.5. The van der Waals surface area contributed by atoms with Gasteiger partial charge in [-0.1, -0.05) is 6.07 Å². The average Bonchev–Trinajstić information content (AvgIpc) is 2.43. The first-order chi connectivity index (χ1) is 11.5. The van der Waals surface area contributed by atoms with Crippen molar-refractivity contribution in [2.45, 2.75) is 56.9 Å². The van der Waals surface area contributed by atoms with Crippen LogP contribution in [0, 0.1) is 16.6 Å². The van der Waals surface area contributed by atoms with Crippen LogP contribution >= 0.6 is 11.8 Å². The third-order valence-electron chi connectivity index (χ3n) is 4.25. The van der Waals surface area contributed by atoms with Crippen molar-refractivity contribution in [2.75, 3.05) is 0 Å². The lowest BCUT2D eigenvalue weighted by Crippen LogP contribution is -2.58. The van der Waals surface area contributed by atoms with E-state index in [0.29, 0.717) is 16.8 Å². The van der Waals surface area contributed by atoms with E-state index in [0.717, 1.165) is 19.1 Å². The number of allylic oxidation sites excluding steroid dienone is 1. The van der Waals surface area contributed by atoms with Crippen molar-refractivity contribution in [1.82, 2.24) is 5.32 Å². The largest absolute Gasteiger partial charge is 0.398 e. The van der Waals surface area contributed by atoms with Gasteiger partial charge in [0.15, 0.2) is 0 Å². The summed E-state index contributed by atoms with van der Waals surface area (Å²) in [6.07, 6.45) is 4.34. The minimum Gasteiger partial charge on any atom is -0.398 e. The Morgan fingerprint density at radius 1 is 1.28 bits per heavy atom. The first kappa shape index (κ1) is 19.7. The number of rotatable bonds is 4. The van der Waals surface area contributed by atoms with Gasteiger partial charge in [-0.05, 0) is 58.7 Å². The van der Waals surface area contributed by atoms with E-state index in [2.05, 4.69) is 33.0 Å². The summed E-state index contributed by atoms with van der Waals surface area (Å²) in [5, 5.41) is 19.5. The highest BCUT2D eigenvalue weighted by Gasteiger charge is 2.38. The predicted molar refractivity (Wildman–Crippen MR) is 106 cm³/mol. The second-order valence-corrected chi connectivity index (χ2v) is 9.16.